The predicted molar refractivity (Wildman–Crippen MR) is 150 cm³/mol. The molecule has 3 N–H and O–H groups in total. The van der Waals surface area contributed by atoms with Gasteiger partial charge in [-0.15, -0.1) is 0 Å². The fourth-order valence-electron chi connectivity index (χ4n) is 6.00. The number of likely N-dealkylation sites (tertiary alicyclic amines) is 1. The number of carbonyl (C=O) groups excluding carboxylic acids is 2. The van der Waals surface area contributed by atoms with Gasteiger partial charge in [-0.1, -0.05) is 12.1 Å². The minimum absolute atomic E-state index is 0.00295. The summed E-state index contributed by atoms with van der Waals surface area (Å²) in [6, 6.07) is 11.3. The summed E-state index contributed by atoms with van der Waals surface area (Å²) in [4.78, 5) is 51.3. The molecule has 5 rings (SSSR count). The molecule has 0 unspecified atom stereocenters. The molecule has 12 heteroatoms. The zero-order valence-corrected chi connectivity index (χ0v) is 23.4. The first-order chi connectivity index (χ1) is 20.2. The Labute approximate surface area is 241 Å². The van der Waals surface area contributed by atoms with E-state index in [-0.39, 0.29) is 35.3 Å². The molecule has 4 heterocycles. The molecule has 3 aromatic rings. The summed E-state index contributed by atoms with van der Waals surface area (Å²) < 4.78 is 23.7. The fraction of sp³-hybridized carbons (Fsp3) is 0.400. The number of carbonyl (C=O) groups is 2. The maximum absolute atomic E-state index is 13.0. The minimum atomic E-state index is -0.925. The van der Waals surface area contributed by atoms with Crippen LogP contribution in [0.4, 0.5) is 0 Å². The summed E-state index contributed by atoms with van der Waals surface area (Å²) in [6.07, 6.45) is 0.723. The van der Waals surface area contributed by atoms with Gasteiger partial charge in [0.15, 0.2) is 23.9 Å². The molecular weight excluding hydrogens is 546 g/mol. The topological polar surface area (TPSA) is 164 Å². The lowest BCUT2D eigenvalue weighted by atomic mass is 9.83. The van der Waals surface area contributed by atoms with Gasteiger partial charge in [-0.05, 0) is 36.1 Å². The predicted octanol–water partition coefficient (Wildman–Crippen LogP) is 1.69. The number of piperidine rings is 1. The lowest BCUT2D eigenvalue weighted by Gasteiger charge is -2.42. The van der Waals surface area contributed by atoms with Gasteiger partial charge in [0, 0.05) is 43.4 Å². The Bertz CT molecular complexity index is 1610. The summed E-state index contributed by atoms with van der Waals surface area (Å²) in [5.74, 6) is -1.67. The zero-order valence-electron chi connectivity index (χ0n) is 23.4. The van der Waals surface area contributed by atoms with E-state index in [2.05, 4.69) is 4.90 Å². The number of nitrogens with zero attached hydrogens (tertiary/aromatic N) is 2. The standard InChI is InChI=1S/C30H33N3O9/c1-39-24-7-6-18(9-25(24)41-16-26(31)35)21(11-28(37)40-2)30-29(38)23(34)10-20(42-30)15-32-12-17-8-19(14-32)22-4-3-5-27(36)33(22)13-17/h3-7,9-10,17,19,21,38H,8,11-16H2,1-2H3,(H2,31,35)/t17-,19+,21+/m0/s1. The van der Waals surface area contributed by atoms with Crippen molar-refractivity contribution >= 4 is 11.9 Å². The van der Waals surface area contributed by atoms with Gasteiger partial charge >= 0.3 is 5.97 Å². The number of aromatic nitrogens is 1. The monoisotopic (exact) mass is 579 g/mol. The number of rotatable bonds is 10. The number of hydrogen-bond donors (Lipinski definition) is 2. The number of aromatic hydroxyl groups is 1. The summed E-state index contributed by atoms with van der Waals surface area (Å²) >= 11 is 0. The number of fused-ring (bicyclic) bond motifs is 4. The number of hydrogen-bond acceptors (Lipinski definition) is 10. The van der Waals surface area contributed by atoms with Crippen molar-refractivity contribution in [2.75, 3.05) is 33.9 Å². The number of nitrogens with two attached hydrogens (primary N) is 1. The third-order valence-corrected chi connectivity index (χ3v) is 7.81. The molecule has 2 aliphatic heterocycles. The number of amides is 1. The molecule has 3 atom stereocenters. The normalized spacial score (nSPS) is 18.5. The van der Waals surface area contributed by atoms with E-state index in [1.165, 1.54) is 26.4 Å². The van der Waals surface area contributed by atoms with E-state index < -0.39 is 35.6 Å². The molecular formula is C30H33N3O9. The number of methoxy groups -OCH3 is 2. The third-order valence-electron chi connectivity index (χ3n) is 7.81. The largest absolute Gasteiger partial charge is 0.502 e. The van der Waals surface area contributed by atoms with E-state index >= 15 is 0 Å². The number of pyridine rings is 1. The molecule has 2 aromatic heterocycles. The van der Waals surface area contributed by atoms with Crippen molar-refractivity contribution in [3.05, 3.63) is 85.8 Å². The van der Waals surface area contributed by atoms with Crippen LogP contribution in [-0.2, 0) is 27.4 Å². The molecule has 2 bridgehead atoms. The molecule has 0 spiro atoms. The van der Waals surface area contributed by atoms with Crippen LogP contribution in [0.5, 0.6) is 17.2 Å². The van der Waals surface area contributed by atoms with Crippen LogP contribution in [0, 0.1) is 5.92 Å². The van der Waals surface area contributed by atoms with Crippen molar-refractivity contribution in [3.8, 4) is 17.2 Å². The lowest BCUT2D eigenvalue weighted by molar-refractivity contribution is -0.141. The van der Waals surface area contributed by atoms with Crippen LogP contribution in [0.1, 0.15) is 47.5 Å². The van der Waals surface area contributed by atoms with Crippen LogP contribution in [0.15, 0.2) is 56.5 Å². The van der Waals surface area contributed by atoms with Gasteiger partial charge < -0.3 is 34.0 Å². The SMILES string of the molecule is COC(=O)C[C@H](c1ccc(OC)c(OCC(N)=O)c1)c1oc(CN2C[C@@H]3C[C@H](C2)c2cccc(=O)n2C3)cc(=O)c1O. The van der Waals surface area contributed by atoms with E-state index in [1.807, 2.05) is 10.6 Å². The number of ether oxygens (including phenoxy) is 3. The van der Waals surface area contributed by atoms with Crippen molar-refractivity contribution in [2.45, 2.75) is 37.8 Å². The first-order valence-corrected chi connectivity index (χ1v) is 13.6. The average molecular weight is 580 g/mol. The first-order valence-electron chi connectivity index (χ1n) is 13.6. The Hall–Kier alpha value is -4.58. The summed E-state index contributed by atoms with van der Waals surface area (Å²) in [7, 11) is 2.67. The van der Waals surface area contributed by atoms with Crippen LogP contribution < -0.4 is 26.2 Å². The molecule has 0 aliphatic carbocycles. The van der Waals surface area contributed by atoms with Gasteiger partial charge in [0.05, 0.1) is 33.1 Å². The smallest absolute Gasteiger partial charge is 0.306 e. The van der Waals surface area contributed by atoms with E-state index in [1.54, 1.807) is 24.3 Å². The fourth-order valence-corrected chi connectivity index (χ4v) is 6.00. The molecule has 222 valence electrons. The van der Waals surface area contributed by atoms with Crippen molar-refractivity contribution in [2.24, 2.45) is 11.7 Å². The maximum Gasteiger partial charge on any atom is 0.306 e. The zero-order chi connectivity index (χ0) is 30.0. The van der Waals surface area contributed by atoms with Gasteiger partial charge in [-0.25, -0.2) is 0 Å². The van der Waals surface area contributed by atoms with Crippen LogP contribution in [0.25, 0.3) is 0 Å². The Morgan fingerprint density at radius 3 is 2.64 bits per heavy atom. The van der Waals surface area contributed by atoms with Crippen LogP contribution in [-0.4, -0.2) is 60.4 Å². The Morgan fingerprint density at radius 2 is 1.90 bits per heavy atom. The highest BCUT2D eigenvalue weighted by atomic mass is 16.5. The molecule has 0 radical (unpaired) electrons. The van der Waals surface area contributed by atoms with E-state index in [4.69, 9.17) is 24.4 Å². The van der Waals surface area contributed by atoms with Crippen LogP contribution in [0.2, 0.25) is 0 Å². The number of benzene rings is 1. The van der Waals surface area contributed by atoms with Gasteiger partial charge in [-0.3, -0.25) is 24.1 Å². The van der Waals surface area contributed by atoms with Crippen molar-refractivity contribution < 1.29 is 33.3 Å². The molecule has 1 fully saturated rings. The molecule has 1 amide bonds. The van der Waals surface area contributed by atoms with E-state index in [0.717, 1.165) is 12.1 Å². The number of primary amides is 1. The average Bonchev–Trinajstić information content (AvgIpc) is 2.97. The quantitative estimate of drug-likeness (QED) is 0.338. The second-order valence-electron chi connectivity index (χ2n) is 10.7. The molecule has 12 nitrogen and oxygen atoms in total. The summed E-state index contributed by atoms with van der Waals surface area (Å²) in [5, 5.41) is 10.8. The summed E-state index contributed by atoms with van der Waals surface area (Å²) in [5.41, 5.74) is 6.04. The van der Waals surface area contributed by atoms with Gasteiger partial charge in [-0.2, -0.15) is 0 Å². The van der Waals surface area contributed by atoms with Crippen molar-refractivity contribution in [3.63, 3.8) is 0 Å². The Kier molecular flexibility index (Phi) is 8.34. The third kappa shape index (κ3) is 6.03. The van der Waals surface area contributed by atoms with Gasteiger partial charge in [0.25, 0.3) is 11.5 Å². The van der Waals surface area contributed by atoms with Gasteiger partial charge in [0.2, 0.25) is 11.2 Å². The molecule has 1 saturated heterocycles. The second kappa shape index (κ2) is 12.1. The molecule has 42 heavy (non-hydrogen) atoms. The van der Waals surface area contributed by atoms with Crippen molar-refractivity contribution in [1.82, 2.24) is 9.47 Å². The first kappa shape index (κ1) is 28.9. The second-order valence-corrected chi connectivity index (χ2v) is 10.7. The van der Waals surface area contributed by atoms with Crippen LogP contribution >= 0.6 is 0 Å². The Morgan fingerprint density at radius 1 is 1.10 bits per heavy atom. The van der Waals surface area contributed by atoms with E-state index in [9.17, 15) is 24.3 Å². The number of esters is 1. The Balaban J connectivity index is 1.47. The highest BCUT2D eigenvalue weighted by Gasteiger charge is 2.35. The van der Waals surface area contributed by atoms with Crippen LogP contribution in [0.3, 0.4) is 0 Å². The maximum atomic E-state index is 13.0. The molecule has 2 aliphatic rings. The van der Waals surface area contributed by atoms with E-state index in [0.29, 0.717) is 43.3 Å². The highest BCUT2D eigenvalue weighted by Crippen LogP contribution is 2.39. The highest BCUT2D eigenvalue weighted by molar-refractivity contribution is 5.75. The molecule has 0 saturated carbocycles. The summed E-state index contributed by atoms with van der Waals surface area (Å²) in [6.45, 7) is 1.90. The lowest BCUT2D eigenvalue weighted by Crippen LogP contribution is -2.46. The molecule has 1 aromatic carbocycles. The van der Waals surface area contributed by atoms with Gasteiger partial charge in [0.1, 0.15) is 5.76 Å². The minimum Gasteiger partial charge on any atom is -0.502 e. The van der Waals surface area contributed by atoms with Crippen molar-refractivity contribution in [1.29, 1.82) is 0 Å².